The Hall–Kier alpha value is -4.12. The lowest BCUT2D eigenvalue weighted by molar-refractivity contribution is 0.750. The van der Waals surface area contributed by atoms with Crippen LogP contribution in [-0.4, -0.2) is 20.4 Å². The molecule has 184 valence electrons. The van der Waals surface area contributed by atoms with Gasteiger partial charge in [-0.2, -0.15) is 20.7 Å². The summed E-state index contributed by atoms with van der Waals surface area (Å²) in [4.78, 5) is 4.49. The summed E-state index contributed by atoms with van der Waals surface area (Å²) in [7, 11) is 0. The Morgan fingerprint density at radius 1 is 0.973 bits per heavy atom. The lowest BCUT2D eigenvalue weighted by atomic mass is 10.0. The third kappa shape index (κ3) is 5.08. The maximum Gasteiger partial charge on any atom is 0.109 e. The molecule has 0 aliphatic rings. The van der Waals surface area contributed by atoms with Gasteiger partial charge in [0.05, 0.1) is 40.1 Å². The summed E-state index contributed by atoms with van der Waals surface area (Å²) >= 11 is 13.3. The van der Waals surface area contributed by atoms with E-state index >= 15 is 0 Å². The molecule has 3 N–H and O–H groups in total. The van der Waals surface area contributed by atoms with E-state index in [9.17, 15) is 5.26 Å². The molecular weight excluding hydrogens is 505 g/mol. The first-order valence-electron chi connectivity index (χ1n) is 11.8. The predicted molar refractivity (Wildman–Crippen MR) is 148 cm³/mol. The van der Waals surface area contributed by atoms with Crippen LogP contribution in [0.25, 0.3) is 10.9 Å². The Kier molecular flexibility index (Phi) is 7.22. The highest BCUT2D eigenvalue weighted by Crippen LogP contribution is 2.38. The van der Waals surface area contributed by atoms with Crippen molar-refractivity contribution in [1.29, 1.82) is 5.26 Å². The molecule has 5 aromatic rings. The third-order valence-electron chi connectivity index (χ3n) is 6.23. The number of hydrogen-bond acceptors (Lipinski definition) is 6. The van der Waals surface area contributed by atoms with Crippen LogP contribution < -0.4 is 10.6 Å². The van der Waals surface area contributed by atoms with Crippen LogP contribution in [0.15, 0.2) is 79.1 Å². The largest absolute Gasteiger partial charge is 0.377 e. The molecule has 2 heterocycles. The van der Waals surface area contributed by atoms with Crippen LogP contribution in [0.3, 0.4) is 0 Å². The number of halogens is 2. The maximum absolute atomic E-state index is 9.91. The molecule has 0 saturated carbocycles. The fraction of sp³-hybridized carbons (Fsp3) is 0.143. The number of hydrogen-bond donors (Lipinski definition) is 3. The molecule has 0 amide bonds. The molecule has 0 fully saturated rings. The third-order valence-corrected chi connectivity index (χ3v) is 6.86. The first-order chi connectivity index (χ1) is 18.1. The van der Waals surface area contributed by atoms with Crippen molar-refractivity contribution in [3.05, 3.63) is 112 Å². The zero-order valence-electron chi connectivity index (χ0n) is 19.9. The number of nitrogens with one attached hydrogen (secondary N) is 3. The van der Waals surface area contributed by atoms with Gasteiger partial charge < -0.3 is 10.6 Å². The molecule has 37 heavy (non-hydrogen) atoms. The molecular formula is C28H23Cl2N7. The van der Waals surface area contributed by atoms with Crippen LogP contribution in [0.4, 0.5) is 11.4 Å². The zero-order valence-corrected chi connectivity index (χ0v) is 21.4. The van der Waals surface area contributed by atoms with Crippen LogP contribution in [0.2, 0.25) is 10.0 Å². The summed E-state index contributed by atoms with van der Waals surface area (Å²) in [5.41, 5.74) is 5.08. The Balaban J connectivity index is 1.61. The van der Waals surface area contributed by atoms with E-state index in [2.05, 4.69) is 56.2 Å². The molecule has 3 aromatic carbocycles. The van der Waals surface area contributed by atoms with Gasteiger partial charge in [-0.05, 0) is 35.7 Å². The first kappa shape index (κ1) is 24.6. The van der Waals surface area contributed by atoms with Gasteiger partial charge in [0.15, 0.2) is 0 Å². The van der Waals surface area contributed by atoms with E-state index in [1.165, 1.54) is 0 Å². The van der Waals surface area contributed by atoms with Gasteiger partial charge in [0.1, 0.15) is 11.8 Å². The van der Waals surface area contributed by atoms with Crippen LogP contribution >= 0.6 is 23.2 Å². The number of pyridine rings is 1. The van der Waals surface area contributed by atoms with Crippen molar-refractivity contribution >= 4 is 45.5 Å². The molecule has 0 bridgehead atoms. The summed E-state index contributed by atoms with van der Waals surface area (Å²) in [6.45, 7) is 2.10. The van der Waals surface area contributed by atoms with Crippen LogP contribution in [0.1, 0.15) is 47.8 Å². The number of aromatic nitrogens is 4. The summed E-state index contributed by atoms with van der Waals surface area (Å²) in [6.07, 6.45) is 4.03. The second kappa shape index (κ2) is 10.9. The fourth-order valence-electron chi connectivity index (χ4n) is 4.40. The normalized spacial score (nSPS) is 12.6. The van der Waals surface area contributed by atoms with Gasteiger partial charge in [-0.25, -0.2) is 0 Å². The van der Waals surface area contributed by atoms with Gasteiger partial charge in [0.25, 0.3) is 0 Å². The minimum Gasteiger partial charge on any atom is -0.377 e. The average Bonchev–Trinajstić information content (AvgIpc) is 3.46. The summed E-state index contributed by atoms with van der Waals surface area (Å²) in [5, 5.41) is 29.7. The Morgan fingerprint density at radius 2 is 1.76 bits per heavy atom. The van der Waals surface area contributed by atoms with Gasteiger partial charge in [-0.15, -0.1) is 0 Å². The van der Waals surface area contributed by atoms with Crippen LogP contribution in [-0.2, 0) is 0 Å². The van der Waals surface area contributed by atoms with Gasteiger partial charge in [-0.3, -0.25) is 4.98 Å². The van der Waals surface area contributed by atoms with Gasteiger partial charge in [0.2, 0.25) is 0 Å². The van der Waals surface area contributed by atoms with Crippen molar-refractivity contribution < 1.29 is 0 Å². The van der Waals surface area contributed by atoms with Crippen molar-refractivity contribution in [2.45, 2.75) is 25.4 Å². The van der Waals surface area contributed by atoms with E-state index in [0.29, 0.717) is 32.5 Å². The Morgan fingerprint density at radius 3 is 2.46 bits per heavy atom. The average molecular weight is 528 g/mol. The van der Waals surface area contributed by atoms with Crippen molar-refractivity contribution in [2.24, 2.45) is 0 Å². The molecule has 0 spiro atoms. The monoisotopic (exact) mass is 527 g/mol. The van der Waals surface area contributed by atoms with Crippen molar-refractivity contribution in [3.8, 4) is 6.07 Å². The Labute approximate surface area is 224 Å². The second-order valence-corrected chi connectivity index (χ2v) is 9.34. The lowest BCUT2D eigenvalue weighted by Crippen LogP contribution is -2.14. The first-order valence-corrected chi connectivity index (χ1v) is 12.5. The van der Waals surface area contributed by atoms with E-state index < -0.39 is 6.04 Å². The van der Waals surface area contributed by atoms with E-state index in [1.807, 2.05) is 54.6 Å². The number of aromatic amines is 1. The SMILES string of the molecule is CCC(Nc1c(C#N)cnc2c(Cl)cc(NC(c3cn[nH]n3)c3ccccc3Cl)cc12)c1ccccc1. The molecule has 9 heteroatoms. The molecule has 0 saturated heterocycles. The zero-order chi connectivity index (χ0) is 25.8. The van der Waals surface area contributed by atoms with E-state index in [-0.39, 0.29) is 6.04 Å². The number of H-pyrrole nitrogens is 1. The van der Waals surface area contributed by atoms with Gasteiger partial charge in [0, 0.05) is 22.3 Å². The Bertz CT molecular complexity index is 1560. The fourth-order valence-corrected chi connectivity index (χ4v) is 4.91. The molecule has 2 atom stereocenters. The number of rotatable bonds is 8. The lowest BCUT2D eigenvalue weighted by Gasteiger charge is -2.23. The van der Waals surface area contributed by atoms with Crippen molar-refractivity contribution in [3.63, 3.8) is 0 Å². The number of nitriles is 1. The molecule has 0 aliphatic heterocycles. The molecule has 0 aliphatic carbocycles. The molecule has 7 nitrogen and oxygen atoms in total. The maximum atomic E-state index is 9.91. The van der Waals surface area contributed by atoms with E-state index in [4.69, 9.17) is 23.2 Å². The van der Waals surface area contributed by atoms with Crippen molar-refractivity contribution in [2.75, 3.05) is 10.6 Å². The summed E-state index contributed by atoms with van der Waals surface area (Å²) < 4.78 is 0. The van der Waals surface area contributed by atoms with Crippen molar-refractivity contribution in [1.82, 2.24) is 20.4 Å². The molecule has 5 rings (SSSR count). The molecule has 0 radical (unpaired) electrons. The van der Waals surface area contributed by atoms with Gasteiger partial charge in [-0.1, -0.05) is 78.7 Å². The minimum absolute atomic E-state index is 0.000273. The number of benzene rings is 3. The quantitative estimate of drug-likeness (QED) is 0.195. The number of fused-ring (bicyclic) bond motifs is 1. The van der Waals surface area contributed by atoms with Gasteiger partial charge >= 0.3 is 0 Å². The highest BCUT2D eigenvalue weighted by Gasteiger charge is 2.22. The van der Waals surface area contributed by atoms with E-state index in [1.54, 1.807) is 12.4 Å². The highest BCUT2D eigenvalue weighted by molar-refractivity contribution is 6.36. The number of anilines is 2. The second-order valence-electron chi connectivity index (χ2n) is 8.52. The van der Waals surface area contributed by atoms with E-state index in [0.717, 1.165) is 28.6 Å². The number of nitrogens with zero attached hydrogens (tertiary/aromatic N) is 4. The summed E-state index contributed by atoms with van der Waals surface area (Å²) in [6, 6.07) is 23.3. The topological polar surface area (TPSA) is 102 Å². The summed E-state index contributed by atoms with van der Waals surface area (Å²) in [5.74, 6) is 0. The van der Waals surface area contributed by atoms with Crippen LogP contribution in [0, 0.1) is 11.3 Å². The predicted octanol–water partition coefficient (Wildman–Crippen LogP) is 7.30. The standard InChI is InChI=1S/C28H23Cl2N7/c1-2-24(17-8-4-3-5-9-17)35-26-18(14-31)15-32-27-21(26)12-19(13-23(27)30)34-28(25-16-33-37-36-25)20-10-6-7-11-22(20)29/h3-13,15-16,24,28,34H,2H2,1H3,(H,32,35)(H,33,36,37). The molecule has 2 aromatic heterocycles. The minimum atomic E-state index is -0.391. The molecule has 2 unspecified atom stereocenters. The highest BCUT2D eigenvalue weighted by atomic mass is 35.5. The smallest absolute Gasteiger partial charge is 0.109 e. The van der Waals surface area contributed by atoms with Crippen LogP contribution in [0.5, 0.6) is 0 Å².